The van der Waals surface area contributed by atoms with E-state index in [1.165, 1.54) is 0 Å². The summed E-state index contributed by atoms with van der Waals surface area (Å²) < 4.78 is 5.62. The van der Waals surface area contributed by atoms with Crippen molar-refractivity contribution in [1.29, 1.82) is 0 Å². The maximum Gasteiger partial charge on any atom is 0.334 e. The summed E-state index contributed by atoms with van der Waals surface area (Å²) in [6, 6.07) is 0. The summed E-state index contributed by atoms with van der Waals surface area (Å²) >= 11 is 0. The molecule has 0 bridgehead atoms. The van der Waals surface area contributed by atoms with Crippen molar-refractivity contribution >= 4 is 29.8 Å². The van der Waals surface area contributed by atoms with Gasteiger partial charge in [0.1, 0.15) is 5.60 Å². The zero-order chi connectivity index (χ0) is 38.3. The van der Waals surface area contributed by atoms with Crippen LogP contribution in [0.5, 0.6) is 0 Å². The zero-order valence-electron chi connectivity index (χ0n) is 26.9. The first-order chi connectivity index (χ1) is 22.0. The minimum Gasteiger partial charge on any atom is -0.485 e. The van der Waals surface area contributed by atoms with Crippen LogP contribution in [-0.4, -0.2) is 142 Å². The van der Waals surface area contributed by atoms with Crippen molar-refractivity contribution in [3.8, 4) is 0 Å². The SMILES string of the molecule is CC(=COC(C=C(C)C(=O)O)(C=C(C)C(=O)O)C(CO)(CO)C(O)(C=C(C)C(=O)O)C=C(C)C(=O)O)C(=O)O.OCC(CO)(CO)CO. The third-order valence-electron chi connectivity index (χ3n) is 7.25. The molecule has 0 saturated carbocycles. The summed E-state index contributed by atoms with van der Waals surface area (Å²) in [4.78, 5) is 58.3. The quantitative estimate of drug-likeness (QED) is 0.0541. The lowest BCUT2D eigenvalue weighted by molar-refractivity contribution is -0.163. The molecule has 0 aromatic heterocycles. The predicted molar refractivity (Wildman–Crippen MR) is 163 cm³/mol. The fourth-order valence-corrected chi connectivity index (χ4v) is 3.77. The molecule has 0 saturated heterocycles. The van der Waals surface area contributed by atoms with Gasteiger partial charge in [-0.05, 0) is 58.9 Å². The number of ether oxygens (including phenoxy) is 1. The van der Waals surface area contributed by atoms with Gasteiger partial charge < -0.3 is 66.0 Å². The molecular weight excluding hydrogens is 648 g/mol. The monoisotopic (exact) mass is 692 g/mol. The average molecular weight is 693 g/mol. The molecule has 18 nitrogen and oxygen atoms in total. The highest BCUT2D eigenvalue weighted by Crippen LogP contribution is 2.49. The first-order valence-electron chi connectivity index (χ1n) is 13.7. The average Bonchev–Trinajstić information content (AvgIpc) is 3.01. The fourth-order valence-electron chi connectivity index (χ4n) is 3.77. The first-order valence-corrected chi connectivity index (χ1v) is 13.7. The van der Waals surface area contributed by atoms with Crippen LogP contribution in [-0.2, 0) is 28.7 Å². The van der Waals surface area contributed by atoms with Gasteiger partial charge in [-0.2, -0.15) is 0 Å². The second kappa shape index (κ2) is 19.4. The van der Waals surface area contributed by atoms with Crippen molar-refractivity contribution in [2.45, 2.75) is 45.8 Å². The van der Waals surface area contributed by atoms with Crippen molar-refractivity contribution in [3.63, 3.8) is 0 Å². The van der Waals surface area contributed by atoms with Crippen LogP contribution in [0.1, 0.15) is 34.6 Å². The summed E-state index contributed by atoms with van der Waals surface area (Å²) in [7, 11) is 0. The Morgan fingerprint density at radius 2 is 0.750 bits per heavy atom. The van der Waals surface area contributed by atoms with Crippen LogP contribution in [0.25, 0.3) is 0 Å². The Morgan fingerprint density at radius 1 is 0.479 bits per heavy atom. The third-order valence-corrected chi connectivity index (χ3v) is 7.25. The van der Waals surface area contributed by atoms with Gasteiger partial charge in [-0.3, -0.25) is 0 Å². The molecular formula is C30H44O18. The molecule has 0 amide bonds. The van der Waals surface area contributed by atoms with Gasteiger partial charge in [-0.1, -0.05) is 0 Å². The van der Waals surface area contributed by atoms with E-state index in [1.54, 1.807) is 0 Å². The number of aliphatic carboxylic acids is 5. The highest BCUT2D eigenvalue weighted by Gasteiger charge is 2.62. The lowest BCUT2D eigenvalue weighted by atomic mass is 9.59. The number of carbonyl (C=O) groups is 5. The zero-order valence-corrected chi connectivity index (χ0v) is 26.9. The topological polar surface area (TPSA) is 337 Å². The Morgan fingerprint density at radius 3 is 0.958 bits per heavy atom. The maximum absolute atomic E-state index is 11.9. The van der Waals surface area contributed by atoms with E-state index in [1.807, 2.05) is 0 Å². The van der Waals surface area contributed by atoms with Crippen LogP contribution >= 0.6 is 0 Å². The number of carboxylic acids is 5. The van der Waals surface area contributed by atoms with Crippen molar-refractivity contribution in [2.24, 2.45) is 10.8 Å². The van der Waals surface area contributed by atoms with E-state index in [2.05, 4.69) is 0 Å². The predicted octanol–water partition coefficient (Wildman–Crippen LogP) is -1.50. The van der Waals surface area contributed by atoms with E-state index >= 15 is 0 Å². The highest BCUT2D eigenvalue weighted by atomic mass is 16.5. The second-order valence-corrected chi connectivity index (χ2v) is 10.9. The van der Waals surface area contributed by atoms with Crippen LogP contribution in [0.4, 0.5) is 0 Å². The summed E-state index contributed by atoms with van der Waals surface area (Å²) in [6.07, 6.45) is 2.96. The molecule has 0 radical (unpaired) electrons. The molecule has 0 aliphatic rings. The molecule has 0 heterocycles. The normalized spacial score (nSPS) is 16.1. The van der Waals surface area contributed by atoms with Crippen molar-refractivity contribution in [1.82, 2.24) is 0 Å². The van der Waals surface area contributed by atoms with Crippen LogP contribution in [0.2, 0.25) is 0 Å². The maximum atomic E-state index is 11.9. The van der Waals surface area contributed by atoms with Gasteiger partial charge in [-0.25, -0.2) is 24.0 Å². The van der Waals surface area contributed by atoms with Crippen LogP contribution in [0.3, 0.4) is 0 Å². The summed E-state index contributed by atoms with van der Waals surface area (Å²) in [6.45, 7) is 0.484. The Kier molecular flexibility index (Phi) is 18.5. The van der Waals surface area contributed by atoms with Crippen molar-refractivity contribution in [3.05, 3.63) is 58.4 Å². The fraction of sp³-hybridized carbons (Fsp3) is 0.500. The summed E-state index contributed by atoms with van der Waals surface area (Å²) in [5.74, 6) is -8.03. The van der Waals surface area contributed by atoms with Gasteiger partial charge in [0.05, 0.1) is 62.3 Å². The van der Waals surface area contributed by atoms with E-state index in [0.29, 0.717) is 30.6 Å². The molecule has 18 heteroatoms. The number of aliphatic hydroxyl groups excluding tert-OH is 6. The molecule has 0 spiro atoms. The van der Waals surface area contributed by atoms with Gasteiger partial charge in [0.25, 0.3) is 0 Å². The molecule has 0 aliphatic heterocycles. The third kappa shape index (κ3) is 11.4. The first kappa shape index (κ1) is 45.7. The van der Waals surface area contributed by atoms with Gasteiger partial charge in [0.15, 0.2) is 5.60 Å². The number of aliphatic hydroxyl groups is 7. The largest absolute Gasteiger partial charge is 0.485 e. The number of hydrogen-bond donors (Lipinski definition) is 12. The molecule has 12 N–H and O–H groups in total. The van der Waals surface area contributed by atoms with Gasteiger partial charge >= 0.3 is 29.8 Å². The van der Waals surface area contributed by atoms with E-state index in [0.717, 1.165) is 34.6 Å². The molecule has 48 heavy (non-hydrogen) atoms. The molecule has 0 rings (SSSR count). The minimum atomic E-state index is -3.03. The van der Waals surface area contributed by atoms with Crippen LogP contribution in [0, 0.1) is 10.8 Å². The van der Waals surface area contributed by atoms with Gasteiger partial charge in [0, 0.05) is 22.3 Å². The summed E-state index contributed by atoms with van der Waals surface area (Å²) in [5.41, 5.74) is -12.8. The molecule has 0 unspecified atom stereocenters. The van der Waals surface area contributed by atoms with E-state index in [9.17, 15) is 64.8 Å². The standard InChI is InChI=1S/C25H32O14.C5H12O4/c1-13(18(28)29)6-24(38,7-14(2)19(30)31)23(11-26,12-27)25(8-15(3)20(32)33,9-16(4)21(34)35)39-10-17(5)22(36)37;6-1-5(2-7,3-8)4-9/h6-10,26-27,38H,11-12H2,1-5H3,(H,28,29)(H,30,31)(H,32,33)(H,34,35)(H,36,37);6-9H,1-4H2. The molecule has 0 aliphatic carbocycles. The van der Waals surface area contributed by atoms with Crippen LogP contribution in [0.15, 0.2) is 58.4 Å². The summed E-state index contributed by atoms with van der Waals surface area (Å²) in [5, 5.41) is 115. The highest BCUT2D eigenvalue weighted by molar-refractivity contribution is 5.89. The Balaban J connectivity index is 0. The Bertz CT molecular complexity index is 1250. The van der Waals surface area contributed by atoms with E-state index in [-0.39, 0.29) is 0 Å². The van der Waals surface area contributed by atoms with Crippen molar-refractivity contribution in [2.75, 3.05) is 39.6 Å². The number of rotatable bonds is 19. The number of carboxylic acid groups (broad SMARTS) is 5. The van der Waals surface area contributed by atoms with E-state index < -0.39 is 119 Å². The second-order valence-electron chi connectivity index (χ2n) is 10.9. The molecule has 272 valence electrons. The lowest BCUT2D eigenvalue weighted by Crippen LogP contribution is -2.64. The minimum absolute atomic E-state index is 0.406. The van der Waals surface area contributed by atoms with Crippen LogP contribution < -0.4 is 0 Å². The van der Waals surface area contributed by atoms with Gasteiger partial charge in [-0.15, -0.1) is 0 Å². The van der Waals surface area contributed by atoms with Gasteiger partial charge in [0.2, 0.25) is 0 Å². The molecule has 0 fully saturated rings. The lowest BCUT2D eigenvalue weighted by Gasteiger charge is -2.52. The molecule has 0 atom stereocenters. The van der Waals surface area contributed by atoms with Crippen molar-refractivity contribution < 1.29 is 90.0 Å². The smallest absolute Gasteiger partial charge is 0.334 e. The Hall–Kier alpha value is -4.43. The molecule has 0 aromatic carbocycles. The molecule has 0 aromatic rings. The Labute approximate surface area is 274 Å². The number of hydrogen-bond acceptors (Lipinski definition) is 13. The van der Waals surface area contributed by atoms with E-state index in [4.69, 9.17) is 25.2 Å².